The highest BCUT2D eigenvalue weighted by Gasteiger charge is 2.29. The second kappa shape index (κ2) is 4.03. The lowest BCUT2D eigenvalue weighted by atomic mass is 9.81. The van der Waals surface area contributed by atoms with Gasteiger partial charge in [0.15, 0.2) is 0 Å². The van der Waals surface area contributed by atoms with Crippen LogP contribution in [0.3, 0.4) is 0 Å². The van der Waals surface area contributed by atoms with Crippen molar-refractivity contribution in [1.29, 1.82) is 0 Å². The predicted octanol–water partition coefficient (Wildman–Crippen LogP) is 1.81. The molecule has 1 aliphatic heterocycles. The van der Waals surface area contributed by atoms with Crippen LogP contribution >= 0.6 is 0 Å². The third-order valence-electron chi connectivity index (χ3n) is 3.65. The maximum absolute atomic E-state index is 5.90. The summed E-state index contributed by atoms with van der Waals surface area (Å²) >= 11 is 0. The Labute approximate surface area is 86.9 Å². The van der Waals surface area contributed by atoms with E-state index in [1.807, 2.05) is 0 Å². The first kappa shape index (κ1) is 10.2. The minimum Gasteiger partial charge on any atom is -0.323 e. The van der Waals surface area contributed by atoms with Crippen molar-refractivity contribution < 1.29 is 0 Å². The minimum atomic E-state index is 0.240. The third-order valence-corrected chi connectivity index (χ3v) is 3.65. The standard InChI is InChI=1S/C12H22N2/c1-12(4-2-3-5-12)7-10-6-11(13)9-14-8-10/h6,11,14H,2-5,7-9,13H2,1H3. The van der Waals surface area contributed by atoms with Crippen LogP contribution < -0.4 is 11.1 Å². The zero-order valence-electron chi connectivity index (χ0n) is 9.18. The van der Waals surface area contributed by atoms with E-state index in [-0.39, 0.29) is 6.04 Å². The normalized spacial score (nSPS) is 31.6. The van der Waals surface area contributed by atoms with Crippen molar-refractivity contribution in [1.82, 2.24) is 5.32 Å². The van der Waals surface area contributed by atoms with Crippen molar-refractivity contribution in [2.45, 2.75) is 45.1 Å². The molecule has 0 spiro atoms. The van der Waals surface area contributed by atoms with Crippen LogP contribution in [0.5, 0.6) is 0 Å². The van der Waals surface area contributed by atoms with Gasteiger partial charge in [0.1, 0.15) is 0 Å². The first-order valence-corrected chi connectivity index (χ1v) is 5.84. The van der Waals surface area contributed by atoms with Crippen LogP contribution in [0.2, 0.25) is 0 Å². The van der Waals surface area contributed by atoms with Crippen LogP contribution in [0.25, 0.3) is 0 Å². The van der Waals surface area contributed by atoms with Gasteiger partial charge in [-0.2, -0.15) is 0 Å². The van der Waals surface area contributed by atoms with Gasteiger partial charge in [0, 0.05) is 19.1 Å². The molecule has 2 rings (SSSR count). The van der Waals surface area contributed by atoms with E-state index in [0.717, 1.165) is 13.1 Å². The molecular weight excluding hydrogens is 172 g/mol. The largest absolute Gasteiger partial charge is 0.323 e. The van der Waals surface area contributed by atoms with Gasteiger partial charge in [0.25, 0.3) is 0 Å². The molecule has 1 saturated carbocycles. The van der Waals surface area contributed by atoms with E-state index in [1.54, 1.807) is 0 Å². The van der Waals surface area contributed by atoms with Gasteiger partial charge in [-0.1, -0.05) is 31.4 Å². The summed E-state index contributed by atoms with van der Waals surface area (Å²) in [7, 11) is 0. The highest BCUT2D eigenvalue weighted by atomic mass is 14.9. The van der Waals surface area contributed by atoms with Crippen LogP contribution in [-0.2, 0) is 0 Å². The number of nitrogens with two attached hydrogens (primary N) is 1. The Hall–Kier alpha value is -0.340. The first-order chi connectivity index (χ1) is 6.68. The lowest BCUT2D eigenvalue weighted by Crippen LogP contribution is -2.38. The summed E-state index contributed by atoms with van der Waals surface area (Å²) in [4.78, 5) is 0. The zero-order chi connectivity index (χ0) is 10.0. The van der Waals surface area contributed by atoms with E-state index in [9.17, 15) is 0 Å². The van der Waals surface area contributed by atoms with Crippen molar-refractivity contribution in [2.75, 3.05) is 13.1 Å². The zero-order valence-corrected chi connectivity index (χ0v) is 9.18. The second-order valence-electron chi connectivity index (χ2n) is 5.31. The van der Waals surface area contributed by atoms with E-state index >= 15 is 0 Å². The Morgan fingerprint density at radius 3 is 2.86 bits per heavy atom. The van der Waals surface area contributed by atoms with Gasteiger partial charge in [-0.25, -0.2) is 0 Å². The molecule has 1 unspecified atom stereocenters. The van der Waals surface area contributed by atoms with E-state index < -0.39 is 0 Å². The average molecular weight is 194 g/mol. The predicted molar refractivity (Wildman–Crippen MR) is 60.1 cm³/mol. The fourth-order valence-corrected chi connectivity index (χ4v) is 2.89. The Kier molecular flexibility index (Phi) is 2.93. The molecule has 2 aliphatic rings. The fourth-order valence-electron chi connectivity index (χ4n) is 2.89. The molecule has 3 N–H and O–H groups in total. The summed E-state index contributed by atoms with van der Waals surface area (Å²) in [6, 6.07) is 0.240. The average Bonchev–Trinajstić information content (AvgIpc) is 2.51. The summed E-state index contributed by atoms with van der Waals surface area (Å²) < 4.78 is 0. The number of hydrogen-bond donors (Lipinski definition) is 2. The monoisotopic (exact) mass is 194 g/mol. The molecule has 0 aromatic rings. The second-order valence-corrected chi connectivity index (χ2v) is 5.31. The molecule has 0 saturated heterocycles. The molecular formula is C12H22N2. The van der Waals surface area contributed by atoms with Crippen LogP contribution in [0.4, 0.5) is 0 Å². The molecule has 0 aromatic heterocycles. The van der Waals surface area contributed by atoms with Crippen molar-refractivity contribution in [2.24, 2.45) is 11.1 Å². The lowest BCUT2D eigenvalue weighted by Gasteiger charge is -2.28. The Morgan fingerprint density at radius 2 is 2.21 bits per heavy atom. The van der Waals surface area contributed by atoms with Gasteiger partial charge in [-0.3, -0.25) is 0 Å². The molecule has 1 heterocycles. The Balaban J connectivity index is 1.95. The third kappa shape index (κ3) is 2.37. The number of nitrogens with one attached hydrogen (secondary N) is 1. The van der Waals surface area contributed by atoms with Gasteiger partial charge >= 0.3 is 0 Å². The Bertz CT molecular complexity index is 226. The summed E-state index contributed by atoms with van der Waals surface area (Å²) in [5.74, 6) is 0. The topological polar surface area (TPSA) is 38.0 Å². The summed E-state index contributed by atoms with van der Waals surface area (Å²) in [6.07, 6.45) is 9.18. The summed E-state index contributed by atoms with van der Waals surface area (Å²) in [5, 5.41) is 3.38. The summed E-state index contributed by atoms with van der Waals surface area (Å²) in [6.45, 7) is 4.43. The quantitative estimate of drug-likeness (QED) is 0.658. The van der Waals surface area contributed by atoms with Crippen LogP contribution in [0, 0.1) is 5.41 Å². The molecule has 80 valence electrons. The van der Waals surface area contributed by atoms with Gasteiger partial charge in [-0.05, 0) is 24.7 Å². The van der Waals surface area contributed by atoms with Crippen LogP contribution in [0.1, 0.15) is 39.0 Å². The molecule has 14 heavy (non-hydrogen) atoms. The smallest absolute Gasteiger partial charge is 0.0354 e. The highest BCUT2D eigenvalue weighted by molar-refractivity contribution is 5.14. The first-order valence-electron chi connectivity index (χ1n) is 5.84. The molecule has 2 nitrogen and oxygen atoms in total. The summed E-state index contributed by atoms with van der Waals surface area (Å²) in [5.41, 5.74) is 8.01. The lowest BCUT2D eigenvalue weighted by molar-refractivity contribution is 0.327. The van der Waals surface area contributed by atoms with E-state index in [0.29, 0.717) is 5.41 Å². The van der Waals surface area contributed by atoms with Gasteiger partial charge in [-0.15, -0.1) is 0 Å². The van der Waals surface area contributed by atoms with Crippen molar-refractivity contribution in [3.8, 4) is 0 Å². The molecule has 1 atom stereocenters. The fraction of sp³-hybridized carbons (Fsp3) is 0.833. The molecule has 1 aliphatic carbocycles. The van der Waals surface area contributed by atoms with Gasteiger partial charge in [0.05, 0.1) is 0 Å². The van der Waals surface area contributed by atoms with E-state index in [1.165, 1.54) is 37.7 Å². The van der Waals surface area contributed by atoms with Crippen molar-refractivity contribution in [3.05, 3.63) is 11.6 Å². The van der Waals surface area contributed by atoms with E-state index in [4.69, 9.17) is 5.73 Å². The van der Waals surface area contributed by atoms with Crippen molar-refractivity contribution in [3.63, 3.8) is 0 Å². The molecule has 1 fully saturated rings. The van der Waals surface area contributed by atoms with Crippen LogP contribution in [0.15, 0.2) is 11.6 Å². The minimum absolute atomic E-state index is 0.240. The maximum atomic E-state index is 5.90. The highest BCUT2D eigenvalue weighted by Crippen LogP contribution is 2.42. The van der Waals surface area contributed by atoms with Gasteiger partial charge < -0.3 is 11.1 Å². The van der Waals surface area contributed by atoms with E-state index in [2.05, 4.69) is 18.3 Å². The van der Waals surface area contributed by atoms with Crippen molar-refractivity contribution >= 4 is 0 Å². The molecule has 2 heteroatoms. The van der Waals surface area contributed by atoms with Crippen LogP contribution in [-0.4, -0.2) is 19.1 Å². The number of rotatable bonds is 2. The molecule has 0 amide bonds. The molecule has 0 aromatic carbocycles. The SMILES string of the molecule is CC1(CC2=CC(N)CNC2)CCCC1. The maximum Gasteiger partial charge on any atom is 0.0354 e. The molecule has 0 bridgehead atoms. The van der Waals surface area contributed by atoms with Gasteiger partial charge in [0.2, 0.25) is 0 Å². The molecule has 0 radical (unpaired) electrons. The number of hydrogen-bond acceptors (Lipinski definition) is 2. The Morgan fingerprint density at radius 1 is 1.50 bits per heavy atom.